The fourth-order valence-electron chi connectivity index (χ4n) is 2.51. The van der Waals surface area contributed by atoms with Gasteiger partial charge in [0.05, 0.1) is 31.8 Å². The molecule has 1 atom stereocenters. The minimum atomic E-state index is -0.846. The van der Waals surface area contributed by atoms with Gasteiger partial charge in [-0.2, -0.15) is 0 Å². The maximum atomic E-state index is 12.7. The minimum absolute atomic E-state index is 0.208. The molecule has 7 heteroatoms. The highest BCUT2D eigenvalue weighted by Crippen LogP contribution is 2.38. The molecule has 0 amide bonds. The van der Waals surface area contributed by atoms with E-state index < -0.39 is 12.1 Å². The Labute approximate surface area is 171 Å². The van der Waals surface area contributed by atoms with Crippen molar-refractivity contribution in [3.8, 4) is 11.3 Å². The molecule has 0 fully saturated rings. The second kappa shape index (κ2) is 7.85. The fourth-order valence-corrected chi connectivity index (χ4v) is 3.15. The van der Waals surface area contributed by atoms with Gasteiger partial charge in [-0.3, -0.25) is 4.79 Å². The van der Waals surface area contributed by atoms with Crippen molar-refractivity contribution in [1.82, 2.24) is 4.98 Å². The van der Waals surface area contributed by atoms with Gasteiger partial charge in [-0.15, -0.1) is 0 Å². The van der Waals surface area contributed by atoms with E-state index in [0.717, 1.165) is 0 Å². The molecule has 0 bridgehead atoms. The van der Waals surface area contributed by atoms with Gasteiger partial charge in [-0.1, -0.05) is 53.0 Å². The molecule has 0 spiro atoms. The number of rotatable bonds is 4. The number of aromatic nitrogens is 1. The van der Waals surface area contributed by atoms with Crippen LogP contribution < -0.4 is 0 Å². The summed E-state index contributed by atoms with van der Waals surface area (Å²) in [6, 6.07) is 12.0. The van der Waals surface area contributed by atoms with Crippen molar-refractivity contribution in [2.75, 3.05) is 0 Å². The molecular weight excluding hydrogens is 409 g/mol. The van der Waals surface area contributed by atoms with Gasteiger partial charge in [0.2, 0.25) is 0 Å². The Kier molecular flexibility index (Phi) is 5.70. The topological polar surface area (TPSA) is 56.3 Å². The van der Waals surface area contributed by atoms with Crippen LogP contribution in [0, 0.1) is 0 Å². The molecule has 3 aromatic rings. The zero-order valence-electron chi connectivity index (χ0n) is 14.4. The summed E-state index contributed by atoms with van der Waals surface area (Å²) >= 11 is 18.5. The number of benzene rings is 2. The van der Waals surface area contributed by atoms with Gasteiger partial charge >= 0.3 is 5.97 Å². The number of pyridine rings is 1. The molecule has 0 saturated carbocycles. The summed E-state index contributed by atoms with van der Waals surface area (Å²) in [5.74, 6) is -0.858. The molecule has 1 heterocycles. The van der Waals surface area contributed by atoms with Crippen molar-refractivity contribution in [1.29, 1.82) is 0 Å². The number of nitrogens with zero attached hydrogens (tertiary/aromatic N) is 1. The lowest BCUT2D eigenvalue weighted by molar-refractivity contribution is -0.124. The predicted molar refractivity (Wildman–Crippen MR) is 108 cm³/mol. The van der Waals surface area contributed by atoms with E-state index in [1.807, 2.05) is 6.07 Å². The maximum absolute atomic E-state index is 12.7. The Hall–Kier alpha value is -2.14. The van der Waals surface area contributed by atoms with E-state index >= 15 is 0 Å². The zero-order chi connectivity index (χ0) is 19.7. The van der Waals surface area contributed by atoms with Crippen molar-refractivity contribution < 1.29 is 14.3 Å². The zero-order valence-corrected chi connectivity index (χ0v) is 16.7. The summed E-state index contributed by atoms with van der Waals surface area (Å²) in [6.07, 6.45) is -0.846. The number of carbonyl (C=O) groups is 2. The van der Waals surface area contributed by atoms with Crippen LogP contribution in [0.3, 0.4) is 0 Å². The van der Waals surface area contributed by atoms with Crippen molar-refractivity contribution in [2.24, 2.45) is 0 Å². The number of esters is 1. The van der Waals surface area contributed by atoms with E-state index in [1.165, 1.54) is 13.8 Å². The van der Waals surface area contributed by atoms with Crippen LogP contribution >= 0.6 is 34.8 Å². The number of para-hydroxylation sites is 1. The van der Waals surface area contributed by atoms with E-state index in [9.17, 15) is 9.59 Å². The van der Waals surface area contributed by atoms with Gasteiger partial charge in [0.1, 0.15) is 0 Å². The molecule has 0 aliphatic rings. The number of hydrogen-bond donors (Lipinski definition) is 0. The van der Waals surface area contributed by atoms with Crippen LogP contribution in [0.5, 0.6) is 0 Å². The smallest absolute Gasteiger partial charge is 0.339 e. The fraction of sp³-hybridized carbons (Fsp3) is 0.150. The van der Waals surface area contributed by atoms with Crippen molar-refractivity contribution >= 4 is 57.5 Å². The molecule has 3 rings (SSSR count). The van der Waals surface area contributed by atoms with Crippen LogP contribution in [0.15, 0.2) is 42.5 Å². The lowest BCUT2D eigenvalue weighted by Crippen LogP contribution is -2.22. The SMILES string of the molecule is CC(=O)C(C)OC(=O)c1cc(-c2ccc(Cl)c(Cl)c2Cl)nc2ccccc12. The standard InChI is InChI=1S/C20H14Cl3NO3/c1-10(25)11(2)27-20(26)14-9-17(24-16-6-4-3-5-12(14)16)13-7-8-15(21)19(23)18(13)22/h3-9,11H,1-2H3. The molecule has 0 aliphatic carbocycles. The van der Waals surface area contributed by atoms with Crippen molar-refractivity contribution in [3.63, 3.8) is 0 Å². The van der Waals surface area contributed by atoms with Gasteiger partial charge < -0.3 is 4.74 Å². The molecule has 4 nitrogen and oxygen atoms in total. The highest BCUT2D eigenvalue weighted by atomic mass is 35.5. The monoisotopic (exact) mass is 421 g/mol. The molecule has 27 heavy (non-hydrogen) atoms. The Morgan fingerprint density at radius 1 is 1.04 bits per heavy atom. The van der Waals surface area contributed by atoms with E-state index in [0.29, 0.717) is 27.2 Å². The first-order valence-corrected chi connectivity index (χ1v) is 9.18. The second-order valence-electron chi connectivity index (χ2n) is 5.95. The highest BCUT2D eigenvalue weighted by molar-refractivity contribution is 6.49. The summed E-state index contributed by atoms with van der Waals surface area (Å²) in [5, 5.41) is 1.38. The first-order valence-electron chi connectivity index (χ1n) is 8.04. The number of Topliss-reactive ketones (excluding diaryl/α,β-unsaturated/α-hetero) is 1. The second-order valence-corrected chi connectivity index (χ2v) is 7.12. The third kappa shape index (κ3) is 3.93. The Morgan fingerprint density at radius 2 is 1.74 bits per heavy atom. The number of ether oxygens (including phenoxy) is 1. The number of hydrogen-bond acceptors (Lipinski definition) is 4. The van der Waals surface area contributed by atoms with E-state index in [1.54, 1.807) is 36.4 Å². The molecule has 0 saturated heterocycles. The molecule has 0 N–H and O–H groups in total. The molecule has 1 unspecified atom stereocenters. The molecule has 0 radical (unpaired) electrons. The summed E-state index contributed by atoms with van der Waals surface area (Å²) in [5.41, 5.74) is 1.84. The minimum Gasteiger partial charge on any atom is -0.451 e. The van der Waals surface area contributed by atoms with Crippen molar-refractivity contribution in [3.05, 3.63) is 63.1 Å². The third-order valence-corrected chi connectivity index (χ3v) is 5.40. The predicted octanol–water partition coefficient (Wildman–Crippen LogP) is 6.00. The van der Waals surface area contributed by atoms with E-state index in [-0.39, 0.29) is 21.4 Å². The van der Waals surface area contributed by atoms with Gasteiger partial charge in [0.25, 0.3) is 0 Å². The summed E-state index contributed by atoms with van der Waals surface area (Å²) in [6.45, 7) is 2.89. The molecule has 0 aliphatic heterocycles. The summed E-state index contributed by atoms with van der Waals surface area (Å²) < 4.78 is 5.27. The lowest BCUT2D eigenvalue weighted by atomic mass is 10.0. The van der Waals surface area contributed by atoms with E-state index in [4.69, 9.17) is 39.5 Å². The Balaban J connectivity index is 2.18. The summed E-state index contributed by atoms with van der Waals surface area (Å²) in [7, 11) is 0. The molecule has 2 aromatic carbocycles. The highest BCUT2D eigenvalue weighted by Gasteiger charge is 2.20. The van der Waals surface area contributed by atoms with Gasteiger partial charge in [0, 0.05) is 10.9 Å². The van der Waals surface area contributed by atoms with Gasteiger partial charge in [-0.25, -0.2) is 9.78 Å². The first kappa shape index (κ1) is 19.6. The average Bonchev–Trinajstić information content (AvgIpc) is 2.65. The third-order valence-electron chi connectivity index (χ3n) is 4.10. The first-order chi connectivity index (χ1) is 12.8. The van der Waals surface area contributed by atoms with Gasteiger partial charge in [-0.05, 0) is 38.1 Å². The summed E-state index contributed by atoms with van der Waals surface area (Å²) in [4.78, 5) is 28.7. The van der Waals surface area contributed by atoms with E-state index in [2.05, 4.69) is 4.98 Å². The van der Waals surface area contributed by atoms with Crippen LogP contribution in [0.4, 0.5) is 0 Å². The van der Waals surface area contributed by atoms with Crippen molar-refractivity contribution in [2.45, 2.75) is 20.0 Å². The van der Waals surface area contributed by atoms with Crippen LogP contribution in [-0.4, -0.2) is 22.8 Å². The number of ketones is 1. The lowest BCUT2D eigenvalue weighted by Gasteiger charge is -2.14. The van der Waals surface area contributed by atoms with Gasteiger partial charge in [0.15, 0.2) is 11.9 Å². The van der Waals surface area contributed by atoms with Crippen LogP contribution in [0.2, 0.25) is 15.1 Å². The van der Waals surface area contributed by atoms with Crippen LogP contribution in [0.1, 0.15) is 24.2 Å². The molecule has 1 aromatic heterocycles. The number of halogens is 3. The maximum Gasteiger partial charge on any atom is 0.339 e. The molecular formula is C20H14Cl3NO3. The quantitative estimate of drug-likeness (QED) is 0.382. The Bertz CT molecular complexity index is 1070. The van der Waals surface area contributed by atoms with Crippen LogP contribution in [-0.2, 0) is 9.53 Å². The number of fused-ring (bicyclic) bond motifs is 1. The normalized spacial score (nSPS) is 12.0. The Morgan fingerprint density at radius 3 is 2.44 bits per heavy atom. The van der Waals surface area contributed by atoms with Crippen LogP contribution in [0.25, 0.3) is 22.2 Å². The largest absolute Gasteiger partial charge is 0.451 e. The number of carbonyl (C=O) groups excluding carboxylic acids is 2. The average molecular weight is 423 g/mol. The molecule has 138 valence electrons.